The maximum atomic E-state index is 9.24. The third-order valence-corrected chi connectivity index (χ3v) is 2.90. The molecule has 0 aromatic heterocycles. The lowest BCUT2D eigenvalue weighted by atomic mass is 10.1. The maximum Gasteiger partial charge on any atom is 0.115 e. The Bertz CT molecular complexity index is 491. The molecule has 0 saturated heterocycles. The van der Waals surface area contributed by atoms with Crippen LogP contribution in [0.4, 0.5) is 11.4 Å². The van der Waals surface area contributed by atoms with Crippen molar-refractivity contribution in [2.24, 2.45) is 0 Å². The lowest BCUT2D eigenvalue weighted by Gasteiger charge is -2.08. The molecular weight excluding hydrogens is 222 g/mol. The summed E-state index contributed by atoms with van der Waals surface area (Å²) in [5.74, 6) is 0.289. The Morgan fingerprint density at radius 1 is 1.00 bits per heavy atom. The summed E-state index contributed by atoms with van der Waals surface area (Å²) in [5.41, 5.74) is 3.44. The van der Waals surface area contributed by atoms with Crippen LogP contribution in [0.15, 0.2) is 48.5 Å². The number of phenolic OH excluding ortho intramolecular Hbond substituents is 1. The zero-order valence-electron chi connectivity index (χ0n) is 10.7. The second-order valence-corrected chi connectivity index (χ2v) is 4.48. The molecule has 0 saturated carbocycles. The van der Waals surface area contributed by atoms with E-state index in [2.05, 4.69) is 36.5 Å². The molecule has 0 radical (unpaired) electrons. The molecule has 18 heavy (non-hydrogen) atoms. The molecule has 2 aromatic rings. The second kappa shape index (κ2) is 6.10. The summed E-state index contributed by atoms with van der Waals surface area (Å²) in [6.07, 6.45) is 3.57. The number of aryl methyl sites for hydroxylation is 1. The molecule has 2 heteroatoms. The minimum atomic E-state index is 0.289. The van der Waals surface area contributed by atoms with E-state index in [1.807, 2.05) is 12.1 Å². The van der Waals surface area contributed by atoms with Crippen molar-refractivity contribution in [2.45, 2.75) is 26.2 Å². The number of benzene rings is 2. The van der Waals surface area contributed by atoms with E-state index >= 15 is 0 Å². The van der Waals surface area contributed by atoms with Gasteiger partial charge in [-0.15, -0.1) is 0 Å². The molecule has 0 aliphatic rings. The van der Waals surface area contributed by atoms with Gasteiger partial charge < -0.3 is 10.4 Å². The first-order valence-electron chi connectivity index (χ1n) is 6.43. The van der Waals surface area contributed by atoms with Crippen molar-refractivity contribution in [2.75, 3.05) is 5.32 Å². The highest BCUT2D eigenvalue weighted by atomic mass is 16.3. The Labute approximate surface area is 108 Å². The fourth-order valence-corrected chi connectivity index (χ4v) is 1.90. The maximum absolute atomic E-state index is 9.24. The van der Waals surface area contributed by atoms with Gasteiger partial charge in [-0.1, -0.05) is 25.5 Å². The SMILES string of the molecule is CCCCc1cccc(Nc2ccc(O)cc2)c1. The molecule has 94 valence electrons. The van der Waals surface area contributed by atoms with Gasteiger partial charge in [-0.05, 0) is 54.8 Å². The number of unbranched alkanes of at least 4 members (excludes halogenated alkanes) is 1. The van der Waals surface area contributed by atoms with Crippen LogP contribution in [0.3, 0.4) is 0 Å². The van der Waals surface area contributed by atoms with Crippen LogP contribution in [0.1, 0.15) is 25.3 Å². The number of nitrogens with one attached hydrogen (secondary N) is 1. The average molecular weight is 241 g/mol. The largest absolute Gasteiger partial charge is 0.508 e. The van der Waals surface area contributed by atoms with Crippen molar-refractivity contribution in [3.8, 4) is 5.75 Å². The van der Waals surface area contributed by atoms with Gasteiger partial charge in [0.15, 0.2) is 0 Å². The first-order chi connectivity index (χ1) is 8.78. The molecule has 2 rings (SSSR count). The van der Waals surface area contributed by atoms with Gasteiger partial charge in [0.1, 0.15) is 5.75 Å². The van der Waals surface area contributed by atoms with Gasteiger partial charge in [0.25, 0.3) is 0 Å². The van der Waals surface area contributed by atoms with Gasteiger partial charge in [0.2, 0.25) is 0 Å². The van der Waals surface area contributed by atoms with Gasteiger partial charge >= 0.3 is 0 Å². The topological polar surface area (TPSA) is 32.3 Å². The lowest BCUT2D eigenvalue weighted by molar-refractivity contribution is 0.475. The summed E-state index contributed by atoms with van der Waals surface area (Å²) in [6, 6.07) is 15.6. The van der Waals surface area contributed by atoms with E-state index in [4.69, 9.17) is 0 Å². The highest BCUT2D eigenvalue weighted by Gasteiger charge is 1.97. The molecule has 0 bridgehead atoms. The van der Waals surface area contributed by atoms with Gasteiger partial charge in [0.05, 0.1) is 0 Å². The summed E-state index contributed by atoms with van der Waals surface area (Å²) in [4.78, 5) is 0. The van der Waals surface area contributed by atoms with E-state index in [1.165, 1.54) is 18.4 Å². The van der Waals surface area contributed by atoms with Crippen LogP contribution in [-0.4, -0.2) is 5.11 Å². The number of phenols is 1. The van der Waals surface area contributed by atoms with Crippen molar-refractivity contribution in [1.82, 2.24) is 0 Å². The highest BCUT2D eigenvalue weighted by molar-refractivity contribution is 5.60. The highest BCUT2D eigenvalue weighted by Crippen LogP contribution is 2.20. The van der Waals surface area contributed by atoms with E-state index in [9.17, 15) is 5.11 Å². The molecule has 0 unspecified atom stereocenters. The van der Waals surface area contributed by atoms with Gasteiger partial charge in [-0.2, -0.15) is 0 Å². The predicted octanol–water partition coefficient (Wildman–Crippen LogP) is 4.48. The predicted molar refractivity (Wildman–Crippen MR) is 76.4 cm³/mol. The molecule has 0 atom stereocenters. The molecule has 2 nitrogen and oxygen atoms in total. The number of aromatic hydroxyl groups is 1. The molecule has 2 N–H and O–H groups in total. The second-order valence-electron chi connectivity index (χ2n) is 4.48. The Hall–Kier alpha value is -1.96. The molecule has 0 amide bonds. The Morgan fingerprint density at radius 2 is 1.78 bits per heavy atom. The van der Waals surface area contributed by atoms with Crippen LogP contribution >= 0.6 is 0 Å². The summed E-state index contributed by atoms with van der Waals surface area (Å²) in [7, 11) is 0. The molecule has 0 aliphatic carbocycles. The van der Waals surface area contributed by atoms with E-state index in [0.717, 1.165) is 17.8 Å². The summed E-state index contributed by atoms with van der Waals surface area (Å²) in [5, 5.41) is 12.6. The summed E-state index contributed by atoms with van der Waals surface area (Å²) < 4.78 is 0. The number of hydrogen-bond donors (Lipinski definition) is 2. The normalized spacial score (nSPS) is 10.3. The Balaban J connectivity index is 2.06. The fourth-order valence-electron chi connectivity index (χ4n) is 1.90. The molecule has 0 aliphatic heterocycles. The van der Waals surface area contributed by atoms with Crippen LogP contribution in [0.5, 0.6) is 5.75 Å². The fraction of sp³-hybridized carbons (Fsp3) is 0.250. The van der Waals surface area contributed by atoms with E-state index in [0.29, 0.717) is 0 Å². The number of anilines is 2. The minimum absolute atomic E-state index is 0.289. The molecule has 2 aromatic carbocycles. The van der Waals surface area contributed by atoms with Crippen molar-refractivity contribution in [3.05, 3.63) is 54.1 Å². The standard InChI is InChI=1S/C16H19NO/c1-2-3-5-13-6-4-7-15(12-13)17-14-8-10-16(18)11-9-14/h4,6-12,17-18H,2-3,5H2,1H3. The van der Waals surface area contributed by atoms with Crippen LogP contribution in [0.2, 0.25) is 0 Å². The summed E-state index contributed by atoms with van der Waals surface area (Å²) >= 11 is 0. The first kappa shape index (κ1) is 12.5. The van der Waals surface area contributed by atoms with Crippen molar-refractivity contribution in [3.63, 3.8) is 0 Å². The lowest BCUT2D eigenvalue weighted by Crippen LogP contribution is -1.92. The third-order valence-electron chi connectivity index (χ3n) is 2.90. The molecular formula is C16H19NO. The monoisotopic (exact) mass is 241 g/mol. The van der Waals surface area contributed by atoms with Crippen LogP contribution in [0.25, 0.3) is 0 Å². The van der Waals surface area contributed by atoms with Crippen LogP contribution in [0, 0.1) is 0 Å². The zero-order valence-corrected chi connectivity index (χ0v) is 10.7. The molecule has 0 spiro atoms. The minimum Gasteiger partial charge on any atom is -0.508 e. The molecule has 0 heterocycles. The van der Waals surface area contributed by atoms with Crippen molar-refractivity contribution < 1.29 is 5.11 Å². The number of rotatable bonds is 5. The zero-order chi connectivity index (χ0) is 12.8. The van der Waals surface area contributed by atoms with Crippen molar-refractivity contribution in [1.29, 1.82) is 0 Å². The van der Waals surface area contributed by atoms with Crippen molar-refractivity contribution >= 4 is 11.4 Å². The Kier molecular flexibility index (Phi) is 4.24. The first-order valence-corrected chi connectivity index (χ1v) is 6.43. The van der Waals surface area contributed by atoms with E-state index in [1.54, 1.807) is 12.1 Å². The van der Waals surface area contributed by atoms with Gasteiger partial charge in [-0.3, -0.25) is 0 Å². The number of hydrogen-bond acceptors (Lipinski definition) is 2. The average Bonchev–Trinajstić information content (AvgIpc) is 2.40. The van der Waals surface area contributed by atoms with Gasteiger partial charge in [0, 0.05) is 11.4 Å². The Morgan fingerprint density at radius 3 is 2.50 bits per heavy atom. The van der Waals surface area contributed by atoms with Gasteiger partial charge in [-0.25, -0.2) is 0 Å². The smallest absolute Gasteiger partial charge is 0.115 e. The third kappa shape index (κ3) is 3.52. The van der Waals surface area contributed by atoms with E-state index in [-0.39, 0.29) is 5.75 Å². The summed E-state index contributed by atoms with van der Waals surface area (Å²) in [6.45, 7) is 2.21. The van der Waals surface area contributed by atoms with Crippen LogP contribution in [-0.2, 0) is 6.42 Å². The van der Waals surface area contributed by atoms with Crippen LogP contribution < -0.4 is 5.32 Å². The quantitative estimate of drug-likeness (QED) is 0.756. The van der Waals surface area contributed by atoms with E-state index < -0.39 is 0 Å². The molecule has 0 fully saturated rings.